The number of nitrogens with one attached hydrogen (secondary N) is 1. The summed E-state index contributed by atoms with van der Waals surface area (Å²) < 4.78 is 13.6. The van der Waals surface area contributed by atoms with E-state index in [9.17, 15) is 9.18 Å². The van der Waals surface area contributed by atoms with E-state index in [0.29, 0.717) is 11.3 Å². The minimum Gasteiger partial charge on any atom is -0.389 e. The maximum atomic E-state index is 13.6. The zero-order valence-corrected chi connectivity index (χ0v) is 11.8. The molecule has 6 heteroatoms. The third kappa shape index (κ3) is 3.12. The first-order valence-electron chi connectivity index (χ1n) is 5.64. The fourth-order valence-corrected chi connectivity index (χ4v) is 2.02. The molecule has 0 spiro atoms. The van der Waals surface area contributed by atoms with Crippen LogP contribution in [0.1, 0.15) is 15.9 Å². The van der Waals surface area contributed by atoms with Crippen molar-refractivity contribution in [2.45, 2.75) is 0 Å². The molecule has 0 saturated carbocycles. The second-order valence-corrected chi connectivity index (χ2v) is 4.86. The van der Waals surface area contributed by atoms with Gasteiger partial charge in [-0.3, -0.25) is 4.79 Å². The van der Waals surface area contributed by atoms with Gasteiger partial charge in [-0.1, -0.05) is 36.0 Å². The number of benzene rings is 2. The third-order valence-electron chi connectivity index (χ3n) is 2.61. The van der Waals surface area contributed by atoms with Gasteiger partial charge in [-0.05, 0) is 30.3 Å². The Kier molecular flexibility index (Phi) is 4.32. The fourth-order valence-electron chi connectivity index (χ4n) is 1.67. The van der Waals surface area contributed by atoms with Crippen molar-refractivity contribution < 1.29 is 9.18 Å². The van der Waals surface area contributed by atoms with E-state index in [1.807, 2.05) is 0 Å². The highest BCUT2D eigenvalue weighted by Crippen LogP contribution is 2.19. The lowest BCUT2D eigenvalue weighted by Gasteiger charge is -2.10. The number of nitrogens with two attached hydrogens (primary N) is 1. The molecule has 2 aromatic rings. The summed E-state index contributed by atoms with van der Waals surface area (Å²) in [6.45, 7) is 0. The quantitative estimate of drug-likeness (QED) is 0.855. The van der Waals surface area contributed by atoms with Gasteiger partial charge in [-0.2, -0.15) is 0 Å². The van der Waals surface area contributed by atoms with Crippen LogP contribution in [0, 0.1) is 5.82 Å². The van der Waals surface area contributed by atoms with Crippen LogP contribution >= 0.6 is 23.8 Å². The molecule has 102 valence electrons. The van der Waals surface area contributed by atoms with Crippen LogP contribution in [0.5, 0.6) is 0 Å². The van der Waals surface area contributed by atoms with Crippen molar-refractivity contribution in [3.8, 4) is 0 Å². The summed E-state index contributed by atoms with van der Waals surface area (Å²) in [5.41, 5.74) is 6.36. The fraction of sp³-hybridized carbons (Fsp3) is 0. The Balaban J connectivity index is 2.33. The summed E-state index contributed by atoms with van der Waals surface area (Å²) >= 11 is 10.7. The number of amides is 1. The van der Waals surface area contributed by atoms with E-state index in [4.69, 9.17) is 29.6 Å². The second kappa shape index (κ2) is 5.98. The van der Waals surface area contributed by atoms with Crippen molar-refractivity contribution in [2.24, 2.45) is 5.73 Å². The minimum absolute atomic E-state index is 0.143. The lowest BCUT2D eigenvalue weighted by molar-refractivity contribution is 0.102. The summed E-state index contributed by atoms with van der Waals surface area (Å²) in [6, 6.07) is 10.5. The van der Waals surface area contributed by atoms with Crippen LogP contribution in [0.2, 0.25) is 5.02 Å². The average Bonchev–Trinajstić information content (AvgIpc) is 2.41. The summed E-state index contributed by atoms with van der Waals surface area (Å²) in [6.07, 6.45) is 0. The topological polar surface area (TPSA) is 55.1 Å². The second-order valence-electron chi connectivity index (χ2n) is 3.99. The molecular formula is C14H10ClFN2OS. The van der Waals surface area contributed by atoms with Crippen LogP contribution in [0.3, 0.4) is 0 Å². The molecule has 0 heterocycles. The van der Waals surface area contributed by atoms with Crippen molar-refractivity contribution in [1.29, 1.82) is 0 Å². The van der Waals surface area contributed by atoms with Crippen LogP contribution in [-0.4, -0.2) is 10.9 Å². The highest BCUT2D eigenvalue weighted by molar-refractivity contribution is 7.80. The normalized spacial score (nSPS) is 10.1. The van der Waals surface area contributed by atoms with E-state index >= 15 is 0 Å². The number of carbonyl (C=O) groups excluding carboxylic acids is 1. The molecule has 0 radical (unpaired) electrons. The van der Waals surface area contributed by atoms with Crippen molar-refractivity contribution in [3.63, 3.8) is 0 Å². The number of para-hydroxylation sites is 1. The van der Waals surface area contributed by atoms with E-state index in [2.05, 4.69) is 5.32 Å². The molecule has 0 bridgehead atoms. The van der Waals surface area contributed by atoms with Crippen LogP contribution in [0.4, 0.5) is 10.1 Å². The van der Waals surface area contributed by atoms with Gasteiger partial charge in [0.1, 0.15) is 10.8 Å². The molecule has 3 nitrogen and oxygen atoms in total. The molecule has 0 aliphatic carbocycles. The number of halogens is 2. The smallest absolute Gasteiger partial charge is 0.258 e. The number of carbonyl (C=O) groups is 1. The number of hydrogen-bond acceptors (Lipinski definition) is 2. The van der Waals surface area contributed by atoms with Gasteiger partial charge in [-0.25, -0.2) is 4.39 Å². The van der Waals surface area contributed by atoms with E-state index in [0.717, 1.165) is 6.07 Å². The number of rotatable bonds is 3. The first-order valence-corrected chi connectivity index (χ1v) is 6.43. The van der Waals surface area contributed by atoms with Gasteiger partial charge >= 0.3 is 0 Å². The summed E-state index contributed by atoms with van der Waals surface area (Å²) in [7, 11) is 0. The van der Waals surface area contributed by atoms with E-state index in [-0.39, 0.29) is 15.6 Å². The Morgan fingerprint density at radius 3 is 2.60 bits per heavy atom. The van der Waals surface area contributed by atoms with E-state index in [1.165, 1.54) is 12.1 Å². The predicted molar refractivity (Wildman–Crippen MR) is 81.7 cm³/mol. The first kappa shape index (κ1) is 14.4. The van der Waals surface area contributed by atoms with Gasteiger partial charge in [0, 0.05) is 10.6 Å². The van der Waals surface area contributed by atoms with Crippen molar-refractivity contribution in [1.82, 2.24) is 0 Å². The molecule has 0 saturated heterocycles. The summed E-state index contributed by atoms with van der Waals surface area (Å²) in [5.74, 6) is -1.27. The SMILES string of the molecule is NC(=S)c1ccccc1NC(=O)c1cc(Cl)ccc1F. The van der Waals surface area contributed by atoms with Crippen LogP contribution < -0.4 is 11.1 Å². The Morgan fingerprint density at radius 2 is 1.90 bits per heavy atom. The Hall–Kier alpha value is -1.98. The van der Waals surface area contributed by atoms with Crippen molar-refractivity contribution in [2.75, 3.05) is 5.32 Å². The monoisotopic (exact) mass is 308 g/mol. The van der Waals surface area contributed by atoms with Crippen LogP contribution in [0.25, 0.3) is 0 Å². The largest absolute Gasteiger partial charge is 0.389 e. The third-order valence-corrected chi connectivity index (χ3v) is 3.07. The van der Waals surface area contributed by atoms with E-state index < -0.39 is 11.7 Å². The Morgan fingerprint density at radius 1 is 1.20 bits per heavy atom. The highest BCUT2D eigenvalue weighted by Gasteiger charge is 2.14. The molecule has 0 aliphatic rings. The number of hydrogen-bond donors (Lipinski definition) is 2. The maximum absolute atomic E-state index is 13.6. The first-order chi connectivity index (χ1) is 9.49. The standard InChI is InChI=1S/C14H10ClFN2OS/c15-8-5-6-11(16)10(7-8)14(19)18-12-4-2-1-3-9(12)13(17)20/h1-7H,(H2,17,20)(H,18,19). The van der Waals surface area contributed by atoms with Crippen LogP contribution in [0.15, 0.2) is 42.5 Å². The molecule has 0 atom stereocenters. The number of anilines is 1. The van der Waals surface area contributed by atoms with Gasteiger partial charge in [0.2, 0.25) is 0 Å². The van der Waals surface area contributed by atoms with Gasteiger partial charge in [0.25, 0.3) is 5.91 Å². The van der Waals surface area contributed by atoms with Crippen LogP contribution in [-0.2, 0) is 0 Å². The Labute approximate surface area is 125 Å². The van der Waals surface area contributed by atoms with Gasteiger partial charge in [0.15, 0.2) is 0 Å². The average molecular weight is 309 g/mol. The molecule has 0 aromatic heterocycles. The summed E-state index contributed by atoms with van der Waals surface area (Å²) in [4.78, 5) is 12.2. The van der Waals surface area contributed by atoms with Gasteiger partial charge in [-0.15, -0.1) is 0 Å². The van der Waals surface area contributed by atoms with E-state index in [1.54, 1.807) is 24.3 Å². The molecule has 20 heavy (non-hydrogen) atoms. The van der Waals surface area contributed by atoms with Crippen molar-refractivity contribution in [3.05, 3.63) is 64.4 Å². The Bertz CT molecular complexity index is 691. The molecule has 0 unspecified atom stereocenters. The van der Waals surface area contributed by atoms with Gasteiger partial charge in [0.05, 0.1) is 11.3 Å². The molecule has 2 aromatic carbocycles. The summed E-state index contributed by atoms with van der Waals surface area (Å²) in [5, 5.41) is 2.85. The van der Waals surface area contributed by atoms with Crippen molar-refractivity contribution >= 4 is 40.4 Å². The zero-order chi connectivity index (χ0) is 14.7. The minimum atomic E-state index is -0.653. The zero-order valence-electron chi connectivity index (χ0n) is 10.2. The van der Waals surface area contributed by atoms with Gasteiger partial charge < -0.3 is 11.1 Å². The molecule has 0 fully saturated rings. The number of thiocarbonyl (C=S) groups is 1. The lowest BCUT2D eigenvalue weighted by atomic mass is 10.1. The predicted octanol–water partition coefficient (Wildman–Crippen LogP) is 3.37. The molecule has 0 aliphatic heterocycles. The maximum Gasteiger partial charge on any atom is 0.258 e. The molecule has 2 rings (SSSR count). The highest BCUT2D eigenvalue weighted by atomic mass is 35.5. The molecule has 1 amide bonds. The molecule has 3 N–H and O–H groups in total. The molecular weight excluding hydrogens is 299 g/mol. The lowest BCUT2D eigenvalue weighted by Crippen LogP contribution is -2.18.